The molecular formula is C15H17NO3. The highest BCUT2D eigenvalue weighted by atomic mass is 16.5. The van der Waals surface area contributed by atoms with Gasteiger partial charge in [-0.2, -0.15) is 0 Å². The summed E-state index contributed by atoms with van der Waals surface area (Å²) in [5, 5.41) is 10.2. The second-order valence-electron chi connectivity index (χ2n) is 4.16. The van der Waals surface area contributed by atoms with Gasteiger partial charge < -0.3 is 14.6 Å². The van der Waals surface area contributed by atoms with Gasteiger partial charge in [-0.1, -0.05) is 12.1 Å². The van der Waals surface area contributed by atoms with Crippen molar-refractivity contribution in [3.8, 4) is 11.5 Å². The van der Waals surface area contributed by atoms with Crippen LogP contribution >= 0.6 is 0 Å². The highest BCUT2D eigenvalue weighted by Crippen LogP contribution is 2.30. The Labute approximate surface area is 112 Å². The van der Waals surface area contributed by atoms with E-state index in [4.69, 9.17) is 9.47 Å². The Morgan fingerprint density at radius 3 is 2.53 bits per heavy atom. The number of aromatic nitrogens is 1. The first kappa shape index (κ1) is 13.4. The zero-order valence-corrected chi connectivity index (χ0v) is 11.0. The van der Waals surface area contributed by atoms with Crippen LogP contribution in [0.5, 0.6) is 11.5 Å². The number of hydrogen-bond donors (Lipinski definition) is 1. The molecule has 0 aliphatic carbocycles. The van der Waals surface area contributed by atoms with Gasteiger partial charge in [-0.3, -0.25) is 4.98 Å². The van der Waals surface area contributed by atoms with Crippen molar-refractivity contribution in [3.63, 3.8) is 0 Å². The summed E-state index contributed by atoms with van der Waals surface area (Å²) in [6.07, 6.45) is 1.57. The summed E-state index contributed by atoms with van der Waals surface area (Å²) in [5.41, 5.74) is 1.63. The molecule has 0 bridgehead atoms. The molecule has 0 aliphatic rings. The number of aliphatic hydroxyl groups is 1. The normalized spacial score (nSPS) is 11.9. The number of methoxy groups -OCH3 is 2. The maximum Gasteiger partial charge on any atom is 0.161 e. The van der Waals surface area contributed by atoms with Crippen LogP contribution in [0.2, 0.25) is 0 Å². The van der Waals surface area contributed by atoms with Gasteiger partial charge in [0.2, 0.25) is 0 Å². The number of nitrogens with zero attached hydrogens (tertiary/aromatic N) is 1. The van der Waals surface area contributed by atoms with Gasteiger partial charge in [0, 0.05) is 18.3 Å². The predicted molar refractivity (Wildman–Crippen MR) is 72.4 cm³/mol. The summed E-state index contributed by atoms with van der Waals surface area (Å²) in [6, 6.07) is 11.1. The Bertz CT molecular complexity index is 528. The third-order valence-electron chi connectivity index (χ3n) is 2.92. The minimum absolute atomic E-state index is 0.469. The van der Waals surface area contributed by atoms with Gasteiger partial charge in [0.1, 0.15) is 0 Å². The van der Waals surface area contributed by atoms with Gasteiger partial charge in [0.15, 0.2) is 11.5 Å². The lowest BCUT2D eigenvalue weighted by atomic mass is 10.0. The first-order valence-corrected chi connectivity index (χ1v) is 6.04. The van der Waals surface area contributed by atoms with E-state index in [0.29, 0.717) is 17.9 Å². The summed E-state index contributed by atoms with van der Waals surface area (Å²) in [4.78, 5) is 4.20. The van der Waals surface area contributed by atoms with Gasteiger partial charge in [-0.25, -0.2) is 0 Å². The van der Waals surface area contributed by atoms with Crippen LogP contribution in [-0.2, 0) is 6.42 Å². The number of benzene rings is 1. The molecule has 100 valence electrons. The van der Waals surface area contributed by atoms with E-state index >= 15 is 0 Å². The molecule has 0 saturated carbocycles. The fourth-order valence-corrected chi connectivity index (χ4v) is 1.89. The Morgan fingerprint density at radius 2 is 1.89 bits per heavy atom. The fourth-order valence-electron chi connectivity index (χ4n) is 1.89. The van der Waals surface area contributed by atoms with Crippen LogP contribution in [0.1, 0.15) is 17.4 Å². The van der Waals surface area contributed by atoms with E-state index in [9.17, 15) is 5.11 Å². The molecule has 1 aromatic carbocycles. The van der Waals surface area contributed by atoms with Crippen LogP contribution in [-0.4, -0.2) is 24.3 Å². The maximum absolute atomic E-state index is 10.2. The zero-order chi connectivity index (χ0) is 13.7. The van der Waals surface area contributed by atoms with Gasteiger partial charge in [0.25, 0.3) is 0 Å². The van der Waals surface area contributed by atoms with E-state index in [1.807, 2.05) is 24.3 Å². The SMILES string of the molecule is COc1ccc([C@@H](O)Cc2ccccn2)cc1OC. The monoisotopic (exact) mass is 259 g/mol. The maximum atomic E-state index is 10.2. The smallest absolute Gasteiger partial charge is 0.161 e. The quantitative estimate of drug-likeness (QED) is 0.895. The second kappa shape index (κ2) is 6.20. The average molecular weight is 259 g/mol. The molecule has 19 heavy (non-hydrogen) atoms. The molecule has 2 aromatic rings. The first-order chi connectivity index (χ1) is 9.24. The van der Waals surface area contributed by atoms with E-state index in [-0.39, 0.29) is 0 Å². The third-order valence-corrected chi connectivity index (χ3v) is 2.92. The molecule has 0 radical (unpaired) electrons. The van der Waals surface area contributed by atoms with Crippen molar-refractivity contribution in [2.24, 2.45) is 0 Å². The van der Waals surface area contributed by atoms with Crippen molar-refractivity contribution in [3.05, 3.63) is 53.9 Å². The largest absolute Gasteiger partial charge is 0.493 e. The Morgan fingerprint density at radius 1 is 1.11 bits per heavy atom. The summed E-state index contributed by atoms with van der Waals surface area (Å²) in [7, 11) is 3.16. The fraction of sp³-hybridized carbons (Fsp3) is 0.267. The lowest BCUT2D eigenvalue weighted by Gasteiger charge is -2.13. The molecular weight excluding hydrogens is 242 g/mol. The lowest BCUT2D eigenvalue weighted by molar-refractivity contribution is 0.176. The molecule has 2 rings (SSSR count). The van der Waals surface area contributed by atoms with Crippen molar-refractivity contribution < 1.29 is 14.6 Å². The van der Waals surface area contributed by atoms with Crippen LogP contribution in [0, 0.1) is 0 Å². The highest BCUT2D eigenvalue weighted by Gasteiger charge is 2.12. The van der Waals surface area contributed by atoms with Crippen molar-refractivity contribution in [2.75, 3.05) is 14.2 Å². The molecule has 1 atom stereocenters. The van der Waals surface area contributed by atoms with Crippen molar-refractivity contribution in [2.45, 2.75) is 12.5 Å². The van der Waals surface area contributed by atoms with Gasteiger partial charge >= 0.3 is 0 Å². The van der Waals surface area contributed by atoms with E-state index in [0.717, 1.165) is 11.3 Å². The van der Waals surface area contributed by atoms with Gasteiger partial charge in [-0.05, 0) is 29.8 Å². The van der Waals surface area contributed by atoms with Crippen LogP contribution in [0.25, 0.3) is 0 Å². The van der Waals surface area contributed by atoms with Crippen LogP contribution in [0.3, 0.4) is 0 Å². The van der Waals surface area contributed by atoms with E-state index in [2.05, 4.69) is 4.98 Å². The molecule has 4 heteroatoms. The average Bonchev–Trinajstić information content (AvgIpc) is 2.47. The lowest BCUT2D eigenvalue weighted by Crippen LogP contribution is -2.04. The summed E-state index contributed by atoms with van der Waals surface area (Å²) in [6.45, 7) is 0. The van der Waals surface area contributed by atoms with E-state index < -0.39 is 6.10 Å². The zero-order valence-electron chi connectivity index (χ0n) is 11.0. The van der Waals surface area contributed by atoms with Gasteiger partial charge in [-0.15, -0.1) is 0 Å². The number of ether oxygens (including phenoxy) is 2. The Kier molecular flexibility index (Phi) is 4.36. The molecule has 4 nitrogen and oxygen atoms in total. The molecule has 0 fully saturated rings. The first-order valence-electron chi connectivity index (χ1n) is 6.04. The van der Waals surface area contributed by atoms with Crippen molar-refractivity contribution in [1.29, 1.82) is 0 Å². The summed E-state index contributed by atoms with van der Waals surface area (Å²) >= 11 is 0. The number of aliphatic hydroxyl groups excluding tert-OH is 1. The van der Waals surface area contributed by atoms with Crippen LogP contribution in [0.4, 0.5) is 0 Å². The number of pyridine rings is 1. The minimum atomic E-state index is -0.616. The Hall–Kier alpha value is -2.07. The van der Waals surface area contributed by atoms with Crippen LogP contribution < -0.4 is 9.47 Å². The minimum Gasteiger partial charge on any atom is -0.493 e. The topological polar surface area (TPSA) is 51.6 Å². The predicted octanol–water partition coefficient (Wildman–Crippen LogP) is 2.37. The van der Waals surface area contributed by atoms with E-state index in [1.165, 1.54) is 0 Å². The van der Waals surface area contributed by atoms with E-state index in [1.54, 1.807) is 32.5 Å². The van der Waals surface area contributed by atoms with Crippen LogP contribution in [0.15, 0.2) is 42.6 Å². The molecule has 0 saturated heterocycles. The third kappa shape index (κ3) is 3.23. The Balaban J connectivity index is 2.17. The molecule has 0 spiro atoms. The number of hydrogen-bond acceptors (Lipinski definition) is 4. The second-order valence-corrected chi connectivity index (χ2v) is 4.16. The van der Waals surface area contributed by atoms with Gasteiger partial charge in [0.05, 0.1) is 20.3 Å². The number of rotatable bonds is 5. The highest BCUT2D eigenvalue weighted by molar-refractivity contribution is 5.43. The molecule has 0 aliphatic heterocycles. The molecule has 0 unspecified atom stereocenters. The van der Waals surface area contributed by atoms with Crippen molar-refractivity contribution in [1.82, 2.24) is 4.98 Å². The molecule has 1 N–H and O–H groups in total. The molecule has 1 aromatic heterocycles. The standard InChI is InChI=1S/C15H17NO3/c1-18-14-7-6-11(9-15(14)19-2)13(17)10-12-5-3-4-8-16-12/h3-9,13,17H,10H2,1-2H3/t13-/m0/s1. The molecule has 0 amide bonds. The summed E-state index contributed by atoms with van der Waals surface area (Å²) in [5.74, 6) is 1.26. The molecule has 1 heterocycles. The summed E-state index contributed by atoms with van der Waals surface area (Å²) < 4.78 is 10.4. The van der Waals surface area contributed by atoms with Crippen molar-refractivity contribution >= 4 is 0 Å².